The summed E-state index contributed by atoms with van der Waals surface area (Å²) in [6.07, 6.45) is 2.37. The quantitative estimate of drug-likeness (QED) is 0.770. The minimum absolute atomic E-state index is 0.202. The van der Waals surface area contributed by atoms with Crippen LogP contribution in [0.15, 0.2) is 22.7 Å². The lowest BCUT2D eigenvalue weighted by Crippen LogP contribution is -2.28. The van der Waals surface area contributed by atoms with Crippen molar-refractivity contribution in [3.63, 3.8) is 0 Å². The molecule has 0 spiro atoms. The highest BCUT2D eigenvalue weighted by atomic mass is 79.9. The maximum absolute atomic E-state index is 5.96. The molecule has 1 aromatic rings. The van der Waals surface area contributed by atoms with Gasteiger partial charge >= 0.3 is 0 Å². The van der Waals surface area contributed by atoms with Crippen molar-refractivity contribution in [3.8, 4) is 5.75 Å². The zero-order valence-electron chi connectivity index (χ0n) is 8.92. The van der Waals surface area contributed by atoms with Crippen LogP contribution in [0.1, 0.15) is 18.4 Å². The third kappa shape index (κ3) is 3.22. The minimum atomic E-state index is 0.202. The van der Waals surface area contributed by atoms with Crippen molar-refractivity contribution in [1.82, 2.24) is 0 Å². The Kier molecular flexibility index (Phi) is 4.67. The topological polar surface area (TPSA) is 18.5 Å². The third-order valence-electron chi connectivity index (χ3n) is 2.58. The second kappa shape index (κ2) is 6.03. The number of hydrogen-bond donors (Lipinski definition) is 0. The molecule has 1 aliphatic heterocycles. The Labute approximate surface area is 113 Å². The molecule has 0 bridgehead atoms. The lowest BCUT2D eigenvalue weighted by Gasteiger charge is -2.24. The van der Waals surface area contributed by atoms with Crippen LogP contribution in [0.25, 0.3) is 0 Å². The molecule has 0 aromatic heterocycles. The molecule has 2 rings (SSSR count). The van der Waals surface area contributed by atoms with Crippen LogP contribution in [-0.4, -0.2) is 19.3 Å². The van der Waals surface area contributed by atoms with E-state index in [1.807, 2.05) is 12.1 Å². The van der Waals surface area contributed by atoms with Gasteiger partial charge in [0.25, 0.3) is 0 Å². The number of ether oxygens (including phenoxy) is 2. The summed E-state index contributed by atoms with van der Waals surface area (Å²) in [5.74, 6) is 0.954. The number of hydrogen-bond acceptors (Lipinski definition) is 2. The Balaban J connectivity index is 2.07. The highest BCUT2D eigenvalue weighted by molar-refractivity contribution is 9.10. The first-order chi connectivity index (χ1) is 7.79. The van der Waals surface area contributed by atoms with Crippen molar-refractivity contribution >= 4 is 31.9 Å². The molecule has 1 atom stereocenters. The van der Waals surface area contributed by atoms with Crippen LogP contribution in [-0.2, 0) is 10.1 Å². The molecule has 0 saturated carbocycles. The summed E-state index contributed by atoms with van der Waals surface area (Å²) in [6, 6.07) is 6.09. The van der Waals surface area contributed by atoms with Gasteiger partial charge in [-0.15, -0.1) is 0 Å². The van der Waals surface area contributed by atoms with E-state index in [0.29, 0.717) is 6.61 Å². The van der Waals surface area contributed by atoms with Gasteiger partial charge in [-0.05, 0) is 31.0 Å². The second-order valence-corrected chi connectivity index (χ2v) is 5.32. The van der Waals surface area contributed by atoms with Crippen LogP contribution >= 0.6 is 31.9 Å². The second-order valence-electron chi connectivity index (χ2n) is 3.84. The third-order valence-corrected chi connectivity index (χ3v) is 3.68. The minimum Gasteiger partial charge on any atom is -0.488 e. The summed E-state index contributed by atoms with van der Waals surface area (Å²) in [4.78, 5) is 0. The predicted octanol–water partition coefficient (Wildman–Crippen LogP) is 3.90. The lowest BCUT2D eigenvalue weighted by molar-refractivity contribution is 0.00713. The normalized spacial score (nSPS) is 20.8. The molecule has 1 aromatic carbocycles. The molecule has 0 aliphatic carbocycles. The summed E-state index contributed by atoms with van der Waals surface area (Å²) >= 11 is 6.94. The summed E-state index contributed by atoms with van der Waals surface area (Å²) < 4.78 is 12.4. The Bertz CT molecular complexity index is 349. The van der Waals surface area contributed by atoms with Gasteiger partial charge in [-0.2, -0.15) is 0 Å². The Morgan fingerprint density at radius 2 is 2.31 bits per heavy atom. The first kappa shape index (κ1) is 12.4. The zero-order valence-corrected chi connectivity index (χ0v) is 12.1. The van der Waals surface area contributed by atoms with E-state index in [1.165, 1.54) is 5.56 Å². The van der Waals surface area contributed by atoms with Gasteiger partial charge in [-0.1, -0.05) is 31.9 Å². The molecule has 88 valence electrons. The summed E-state index contributed by atoms with van der Waals surface area (Å²) in [5, 5.41) is 0.801. The molecular formula is C12H14Br2O2. The fourth-order valence-electron chi connectivity index (χ4n) is 1.75. The van der Waals surface area contributed by atoms with E-state index in [0.717, 1.165) is 35.0 Å². The van der Waals surface area contributed by atoms with Crippen molar-refractivity contribution < 1.29 is 9.47 Å². The number of halogens is 2. The zero-order chi connectivity index (χ0) is 11.4. The van der Waals surface area contributed by atoms with Crippen LogP contribution < -0.4 is 4.74 Å². The van der Waals surface area contributed by atoms with Gasteiger partial charge in [0.15, 0.2) is 0 Å². The largest absolute Gasteiger partial charge is 0.488 e. The van der Waals surface area contributed by atoms with Crippen molar-refractivity contribution in [2.24, 2.45) is 0 Å². The summed E-state index contributed by atoms with van der Waals surface area (Å²) in [5.41, 5.74) is 1.17. The maximum Gasteiger partial charge on any atom is 0.123 e. The van der Waals surface area contributed by atoms with Crippen LogP contribution in [0.3, 0.4) is 0 Å². The van der Waals surface area contributed by atoms with Gasteiger partial charge in [-0.25, -0.2) is 0 Å². The highest BCUT2D eigenvalue weighted by Gasteiger charge is 2.16. The molecule has 4 heteroatoms. The predicted molar refractivity (Wildman–Crippen MR) is 71.2 cm³/mol. The van der Waals surface area contributed by atoms with Gasteiger partial charge in [0.1, 0.15) is 11.9 Å². The van der Waals surface area contributed by atoms with E-state index >= 15 is 0 Å². The van der Waals surface area contributed by atoms with Crippen LogP contribution in [0, 0.1) is 0 Å². The molecule has 0 amide bonds. The SMILES string of the molecule is BrCc1cc(Br)ccc1OC1CCCOC1. The van der Waals surface area contributed by atoms with Gasteiger partial charge in [0.05, 0.1) is 6.61 Å². The lowest BCUT2D eigenvalue weighted by atomic mass is 10.1. The van der Waals surface area contributed by atoms with E-state index in [9.17, 15) is 0 Å². The molecule has 1 heterocycles. The van der Waals surface area contributed by atoms with Gasteiger partial charge in [0.2, 0.25) is 0 Å². The van der Waals surface area contributed by atoms with Crippen molar-refractivity contribution in [2.75, 3.05) is 13.2 Å². The molecule has 1 unspecified atom stereocenters. The monoisotopic (exact) mass is 348 g/mol. The van der Waals surface area contributed by atoms with E-state index in [4.69, 9.17) is 9.47 Å². The van der Waals surface area contributed by atoms with Crippen molar-refractivity contribution in [2.45, 2.75) is 24.3 Å². The first-order valence-corrected chi connectivity index (χ1v) is 7.30. The van der Waals surface area contributed by atoms with Gasteiger partial charge in [0, 0.05) is 22.0 Å². The smallest absolute Gasteiger partial charge is 0.123 e. The maximum atomic E-state index is 5.96. The fraction of sp³-hybridized carbons (Fsp3) is 0.500. The van der Waals surface area contributed by atoms with Crippen molar-refractivity contribution in [3.05, 3.63) is 28.2 Å². The summed E-state index contributed by atoms with van der Waals surface area (Å²) in [6.45, 7) is 1.57. The Hall–Kier alpha value is -0.0600. The van der Waals surface area contributed by atoms with E-state index in [1.54, 1.807) is 0 Å². The standard InChI is InChI=1S/C12H14Br2O2/c13-7-9-6-10(14)3-4-12(9)16-11-2-1-5-15-8-11/h3-4,6,11H,1-2,5,7-8H2. The average molecular weight is 350 g/mol. The first-order valence-electron chi connectivity index (χ1n) is 5.38. The number of rotatable bonds is 3. The average Bonchev–Trinajstić information content (AvgIpc) is 2.33. The molecule has 1 fully saturated rings. The molecule has 2 nitrogen and oxygen atoms in total. The summed E-state index contributed by atoms with van der Waals surface area (Å²) in [7, 11) is 0. The fourth-order valence-corrected chi connectivity index (χ4v) is 2.60. The van der Waals surface area contributed by atoms with Crippen LogP contribution in [0.2, 0.25) is 0 Å². The Morgan fingerprint density at radius 3 is 3.00 bits per heavy atom. The number of alkyl halides is 1. The molecule has 1 saturated heterocycles. The number of benzene rings is 1. The Morgan fingerprint density at radius 1 is 1.44 bits per heavy atom. The highest BCUT2D eigenvalue weighted by Crippen LogP contribution is 2.27. The van der Waals surface area contributed by atoms with Crippen LogP contribution in [0.5, 0.6) is 5.75 Å². The molecule has 0 N–H and O–H groups in total. The van der Waals surface area contributed by atoms with Gasteiger partial charge in [-0.3, -0.25) is 0 Å². The molecular weight excluding hydrogens is 336 g/mol. The van der Waals surface area contributed by atoms with E-state index in [-0.39, 0.29) is 6.10 Å². The van der Waals surface area contributed by atoms with Gasteiger partial charge < -0.3 is 9.47 Å². The van der Waals surface area contributed by atoms with Crippen molar-refractivity contribution in [1.29, 1.82) is 0 Å². The molecule has 16 heavy (non-hydrogen) atoms. The van der Waals surface area contributed by atoms with Crippen LogP contribution in [0.4, 0.5) is 0 Å². The molecule has 0 radical (unpaired) electrons. The molecule has 1 aliphatic rings. The van der Waals surface area contributed by atoms with E-state index in [2.05, 4.69) is 37.9 Å². The van der Waals surface area contributed by atoms with E-state index < -0.39 is 0 Å².